The van der Waals surface area contributed by atoms with Crippen molar-refractivity contribution >= 4 is 31.9 Å². The van der Waals surface area contributed by atoms with Crippen molar-refractivity contribution in [3.8, 4) is 0 Å². The molecule has 1 heterocycles. The van der Waals surface area contributed by atoms with E-state index in [1.807, 2.05) is 6.07 Å². The molecular formula is C13H16BrN3O4S. The molecule has 0 aromatic heterocycles. The monoisotopic (exact) mass is 389 g/mol. The first-order valence-corrected chi connectivity index (χ1v) is 8.96. The Labute approximate surface area is 137 Å². The second kappa shape index (κ2) is 7.73. The normalized spacial score (nSPS) is 17.7. The molecule has 22 heavy (non-hydrogen) atoms. The maximum absolute atomic E-state index is 11.9. The number of benzene rings is 1. The SMILES string of the molecule is O=C(CNS(=O)(=O)Cc1ccccc1)NCC1C=C(Br)NO1. The molecule has 1 unspecified atom stereocenters. The zero-order valence-electron chi connectivity index (χ0n) is 11.6. The summed E-state index contributed by atoms with van der Waals surface area (Å²) in [6, 6.07) is 8.77. The van der Waals surface area contributed by atoms with Crippen LogP contribution in [0.5, 0.6) is 0 Å². The molecular weight excluding hydrogens is 374 g/mol. The molecule has 1 aromatic carbocycles. The number of hydrogen-bond acceptors (Lipinski definition) is 5. The standard InChI is InChI=1S/C13H16BrN3O4S/c14-12-6-11(21-17-12)7-15-13(18)8-16-22(19,20)9-10-4-2-1-3-5-10/h1-6,11,16-17H,7-9H2,(H,15,18). The van der Waals surface area contributed by atoms with Gasteiger partial charge in [0, 0.05) is 0 Å². The Bertz CT molecular complexity index is 649. The highest BCUT2D eigenvalue weighted by Gasteiger charge is 2.17. The van der Waals surface area contributed by atoms with Gasteiger partial charge in [0.05, 0.1) is 18.8 Å². The first kappa shape index (κ1) is 16.9. The van der Waals surface area contributed by atoms with Crippen LogP contribution in [0.2, 0.25) is 0 Å². The van der Waals surface area contributed by atoms with Crippen LogP contribution in [0.4, 0.5) is 0 Å². The maximum atomic E-state index is 11.9. The lowest BCUT2D eigenvalue weighted by Crippen LogP contribution is -2.40. The summed E-state index contributed by atoms with van der Waals surface area (Å²) in [5.74, 6) is -0.580. The number of hydrogen-bond donors (Lipinski definition) is 3. The van der Waals surface area contributed by atoms with Crippen molar-refractivity contribution in [3.05, 3.63) is 46.6 Å². The van der Waals surface area contributed by atoms with Gasteiger partial charge in [-0.3, -0.25) is 15.1 Å². The fourth-order valence-electron chi connectivity index (χ4n) is 1.76. The zero-order chi connectivity index (χ0) is 16.0. The number of amides is 1. The van der Waals surface area contributed by atoms with Gasteiger partial charge in [0.15, 0.2) is 0 Å². The summed E-state index contributed by atoms with van der Waals surface area (Å²) >= 11 is 3.19. The van der Waals surface area contributed by atoms with Gasteiger partial charge >= 0.3 is 0 Å². The fraction of sp³-hybridized carbons (Fsp3) is 0.308. The highest BCUT2D eigenvalue weighted by Crippen LogP contribution is 2.10. The van der Waals surface area contributed by atoms with Gasteiger partial charge in [-0.25, -0.2) is 13.1 Å². The van der Waals surface area contributed by atoms with Crippen molar-refractivity contribution < 1.29 is 18.0 Å². The molecule has 0 aliphatic carbocycles. The highest BCUT2D eigenvalue weighted by atomic mass is 79.9. The van der Waals surface area contributed by atoms with Crippen molar-refractivity contribution in [1.82, 2.24) is 15.5 Å². The van der Waals surface area contributed by atoms with Gasteiger partial charge in [-0.15, -0.1) is 0 Å². The van der Waals surface area contributed by atoms with Crippen LogP contribution < -0.4 is 15.5 Å². The molecule has 1 aliphatic rings. The molecule has 1 aromatic rings. The fourth-order valence-corrected chi connectivity index (χ4v) is 3.23. The van der Waals surface area contributed by atoms with Crippen LogP contribution in [0.25, 0.3) is 0 Å². The van der Waals surface area contributed by atoms with E-state index in [4.69, 9.17) is 4.84 Å². The van der Waals surface area contributed by atoms with Gasteiger partial charge in [0.25, 0.3) is 0 Å². The molecule has 0 bridgehead atoms. The Morgan fingerprint density at radius 2 is 2.05 bits per heavy atom. The quantitative estimate of drug-likeness (QED) is 0.585. The van der Waals surface area contributed by atoms with Crippen LogP contribution in [-0.4, -0.2) is 33.5 Å². The molecule has 0 saturated heterocycles. The molecule has 120 valence electrons. The van der Waals surface area contributed by atoms with Gasteiger partial charge in [0.2, 0.25) is 15.9 Å². The number of nitrogens with one attached hydrogen (secondary N) is 3. The Hall–Kier alpha value is -1.42. The third-order valence-electron chi connectivity index (χ3n) is 2.79. The second-order valence-corrected chi connectivity index (χ2v) is 7.30. The molecule has 3 N–H and O–H groups in total. The van der Waals surface area contributed by atoms with Crippen LogP contribution in [0, 0.1) is 0 Å². The number of carbonyl (C=O) groups excluding carboxylic acids is 1. The van der Waals surface area contributed by atoms with Crippen LogP contribution in [0.15, 0.2) is 41.0 Å². The summed E-state index contributed by atoms with van der Waals surface area (Å²) < 4.78 is 26.7. The molecule has 9 heteroatoms. The van der Waals surface area contributed by atoms with Crippen LogP contribution >= 0.6 is 15.9 Å². The van der Waals surface area contributed by atoms with E-state index in [1.165, 1.54) is 0 Å². The van der Waals surface area contributed by atoms with E-state index < -0.39 is 15.9 Å². The molecule has 2 rings (SSSR count). The van der Waals surface area contributed by atoms with Crippen molar-refractivity contribution in [2.45, 2.75) is 11.9 Å². The number of halogens is 1. The van der Waals surface area contributed by atoms with Crippen LogP contribution in [0.3, 0.4) is 0 Å². The topological polar surface area (TPSA) is 96.5 Å². The second-order valence-electron chi connectivity index (χ2n) is 4.64. The average Bonchev–Trinajstić information content (AvgIpc) is 2.89. The molecule has 1 amide bonds. The molecule has 7 nitrogen and oxygen atoms in total. The molecule has 1 atom stereocenters. The number of sulfonamides is 1. The summed E-state index contributed by atoms with van der Waals surface area (Å²) in [4.78, 5) is 16.7. The lowest BCUT2D eigenvalue weighted by Gasteiger charge is -2.10. The summed E-state index contributed by atoms with van der Waals surface area (Å²) in [5.41, 5.74) is 3.25. The van der Waals surface area contributed by atoms with E-state index in [9.17, 15) is 13.2 Å². The van der Waals surface area contributed by atoms with Gasteiger partial charge < -0.3 is 5.32 Å². The molecule has 0 spiro atoms. The Kier molecular flexibility index (Phi) is 5.95. The maximum Gasteiger partial charge on any atom is 0.235 e. The largest absolute Gasteiger partial charge is 0.352 e. The summed E-state index contributed by atoms with van der Waals surface area (Å²) in [7, 11) is -3.55. The minimum atomic E-state index is -3.55. The first-order valence-electron chi connectivity index (χ1n) is 6.51. The lowest BCUT2D eigenvalue weighted by molar-refractivity contribution is -0.120. The smallest absolute Gasteiger partial charge is 0.235 e. The van der Waals surface area contributed by atoms with E-state index in [1.54, 1.807) is 30.3 Å². The zero-order valence-corrected chi connectivity index (χ0v) is 14.0. The van der Waals surface area contributed by atoms with Gasteiger partial charge in [-0.2, -0.15) is 0 Å². The number of hydroxylamine groups is 1. The van der Waals surface area contributed by atoms with Gasteiger partial charge in [-0.05, 0) is 27.6 Å². The average molecular weight is 390 g/mol. The van der Waals surface area contributed by atoms with Crippen molar-refractivity contribution in [3.63, 3.8) is 0 Å². The van der Waals surface area contributed by atoms with E-state index in [-0.39, 0.29) is 24.9 Å². The van der Waals surface area contributed by atoms with Crippen molar-refractivity contribution in [2.24, 2.45) is 0 Å². The Balaban J connectivity index is 1.73. The third-order valence-corrected chi connectivity index (χ3v) is 4.52. The minimum absolute atomic E-state index is 0.160. The van der Waals surface area contributed by atoms with E-state index in [0.717, 1.165) is 0 Å². The van der Waals surface area contributed by atoms with E-state index in [0.29, 0.717) is 10.2 Å². The molecule has 0 fully saturated rings. The van der Waals surface area contributed by atoms with Crippen molar-refractivity contribution in [2.75, 3.05) is 13.1 Å². The van der Waals surface area contributed by atoms with Crippen LogP contribution in [-0.2, 0) is 25.4 Å². The molecule has 0 saturated carbocycles. The molecule has 1 aliphatic heterocycles. The summed E-state index contributed by atoms with van der Waals surface area (Å²) in [6.45, 7) is -0.0540. The Morgan fingerprint density at radius 1 is 1.32 bits per heavy atom. The van der Waals surface area contributed by atoms with Crippen molar-refractivity contribution in [1.29, 1.82) is 0 Å². The summed E-state index contributed by atoms with van der Waals surface area (Å²) in [6.07, 6.45) is 1.46. The van der Waals surface area contributed by atoms with E-state index >= 15 is 0 Å². The highest BCUT2D eigenvalue weighted by molar-refractivity contribution is 9.11. The van der Waals surface area contributed by atoms with Gasteiger partial charge in [0.1, 0.15) is 10.7 Å². The predicted octanol–water partition coefficient (Wildman–Crippen LogP) is 0.362. The lowest BCUT2D eigenvalue weighted by atomic mass is 10.2. The molecule has 0 radical (unpaired) electrons. The Morgan fingerprint density at radius 3 is 2.68 bits per heavy atom. The number of carbonyl (C=O) groups is 1. The minimum Gasteiger partial charge on any atom is -0.352 e. The third kappa shape index (κ3) is 5.76. The first-order chi connectivity index (χ1) is 10.4. The predicted molar refractivity (Wildman–Crippen MR) is 85.1 cm³/mol. The van der Waals surface area contributed by atoms with E-state index in [2.05, 4.69) is 31.4 Å². The van der Waals surface area contributed by atoms with Gasteiger partial charge in [-0.1, -0.05) is 30.3 Å². The van der Waals surface area contributed by atoms with Crippen LogP contribution in [0.1, 0.15) is 5.56 Å². The summed E-state index contributed by atoms with van der Waals surface area (Å²) in [5, 5.41) is 2.59. The number of rotatable bonds is 7.